The van der Waals surface area contributed by atoms with Crippen molar-refractivity contribution in [3.05, 3.63) is 11.6 Å². The lowest BCUT2D eigenvalue weighted by molar-refractivity contribution is -0.0657. The van der Waals surface area contributed by atoms with E-state index in [0.29, 0.717) is 22.9 Å². The van der Waals surface area contributed by atoms with Crippen molar-refractivity contribution in [3.63, 3.8) is 0 Å². The molecule has 3 saturated carbocycles. The molecule has 0 amide bonds. The Bertz CT molecular complexity index is 691. The number of hydrogen-bond donors (Lipinski definition) is 1. The van der Waals surface area contributed by atoms with Crippen molar-refractivity contribution in [2.75, 3.05) is 0 Å². The highest BCUT2D eigenvalue weighted by atomic mass is 28.4. The zero-order valence-corrected chi connectivity index (χ0v) is 22.1. The van der Waals surface area contributed by atoms with Gasteiger partial charge in [-0.2, -0.15) is 0 Å². The van der Waals surface area contributed by atoms with Crippen LogP contribution in [0.2, 0.25) is 18.1 Å². The van der Waals surface area contributed by atoms with E-state index >= 15 is 0 Å². The number of fused-ring (bicyclic) bond motifs is 5. The summed E-state index contributed by atoms with van der Waals surface area (Å²) in [4.78, 5) is 0. The van der Waals surface area contributed by atoms with Gasteiger partial charge in [0.1, 0.15) is 0 Å². The molecule has 0 aliphatic heterocycles. The van der Waals surface area contributed by atoms with Crippen LogP contribution in [-0.2, 0) is 4.43 Å². The fourth-order valence-electron chi connectivity index (χ4n) is 8.18. The molecule has 2 nitrogen and oxygen atoms in total. The van der Waals surface area contributed by atoms with Crippen molar-refractivity contribution in [2.24, 2.45) is 34.5 Å². The molecule has 4 rings (SSSR count). The third-order valence-electron chi connectivity index (χ3n) is 11.0. The Balaban J connectivity index is 1.54. The van der Waals surface area contributed by atoms with E-state index in [9.17, 15) is 5.11 Å². The fraction of sp³-hybridized carbons (Fsp3) is 0.926. The van der Waals surface area contributed by atoms with E-state index in [1.54, 1.807) is 5.57 Å². The molecule has 0 spiro atoms. The molecule has 4 aliphatic carbocycles. The summed E-state index contributed by atoms with van der Waals surface area (Å²) in [5.74, 6) is 3.24. The van der Waals surface area contributed by atoms with Crippen LogP contribution in [0.15, 0.2) is 11.6 Å². The number of aliphatic hydroxyl groups is 1. The Morgan fingerprint density at radius 2 is 1.77 bits per heavy atom. The topological polar surface area (TPSA) is 29.5 Å². The van der Waals surface area contributed by atoms with E-state index in [1.807, 2.05) is 0 Å². The first kappa shape index (κ1) is 23.0. The van der Waals surface area contributed by atoms with E-state index in [2.05, 4.69) is 60.7 Å². The average Bonchev–Trinajstić information content (AvgIpc) is 2.98. The van der Waals surface area contributed by atoms with Crippen LogP contribution >= 0.6 is 0 Å². The molecule has 0 radical (unpaired) electrons. The number of rotatable bonds is 3. The molecule has 0 aromatic rings. The van der Waals surface area contributed by atoms with Gasteiger partial charge >= 0.3 is 0 Å². The minimum atomic E-state index is -1.73. The first-order valence-electron chi connectivity index (χ1n) is 12.8. The van der Waals surface area contributed by atoms with Gasteiger partial charge in [0.2, 0.25) is 0 Å². The molecular formula is C27H48O2Si. The Morgan fingerprint density at radius 1 is 1.07 bits per heavy atom. The summed E-state index contributed by atoms with van der Waals surface area (Å²) in [5.41, 5.74) is 2.39. The highest BCUT2D eigenvalue weighted by molar-refractivity contribution is 6.74. The Kier molecular flexibility index (Phi) is 5.73. The van der Waals surface area contributed by atoms with Crippen LogP contribution in [0, 0.1) is 34.5 Å². The summed E-state index contributed by atoms with van der Waals surface area (Å²) in [7, 11) is -1.73. The fourth-order valence-corrected chi connectivity index (χ4v) is 9.62. The lowest BCUT2D eigenvalue weighted by atomic mass is 9.47. The van der Waals surface area contributed by atoms with Crippen LogP contribution in [0.4, 0.5) is 0 Å². The van der Waals surface area contributed by atoms with Crippen molar-refractivity contribution in [1.82, 2.24) is 0 Å². The minimum absolute atomic E-state index is 0.0982. The van der Waals surface area contributed by atoms with Gasteiger partial charge in [0.25, 0.3) is 0 Å². The molecule has 0 aromatic carbocycles. The molecule has 0 unspecified atom stereocenters. The van der Waals surface area contributed by atoms with E-state index in [0.717, 1.165) is 30.6 Å². The van der Waals surface area contributed by atoms with Crippen molar-refractivity contribution in [1.29, 1.82) is 0 Å². The summed E-state index contributed by atoms with van der Waals surface area (Å²) in [6.45, 7) is 19.5. The van der Waals surface area contributed by atoms with Crippen LogP contribution in [0.5, 0.6) is 0 Å². The summed E-state index contributed by atoms with van der Waals surface area (Å²) < 4.78 is 6.95. The highest BCUT2D eigenvalue weighted by Gasteiger charge is 2.59. The van der Waals surface area contributed by atoms with Gasteiger partial charge < -0.3 is 9.53 Å². The zero-order chi connectivity index (χ0) is 22.1. The second kappa shape index (κ2) is 7.45. The summed E-state index contributed by atoms with van der Waals surface area (Å²) >= 11 is 0. The quantitative estimate of drug-likeness (QED) is 0.373. The molecule has 30 heavy (non-hydrogen) atoms. The molecule has 8 atom stereocenters. The van der Waals surface area contributed by atoms with Gasteiger partial charge in [-0.3, -0.25) is 0 Å². The van der Waals surface area contributed by atoms with Crippen molar-refractivity contribution in [2.45, 2.75) is 123 Å². The van der Waals surface area contributed by atoms with E-state index in [-0.39, 0.29) is 11.1 Å². The summed E-state index contributed by atoms with van der Waals surface area (Å²) in [5, 5.41) is 10.5. The van der Waals surface area contributed by atoms with Crippen molar-refractivity contribution >= 4 is 8.32 Å². The molecule has 1 N–H and O–H groups in total. The second-order valence-corrected chi connectivity index (χ2v) is 18.2. The maximum Gasteiger partial charge on any atom is 0.192 e. The molecule has 172 valence electrons. The standard InChI is InChI=1S/C27H48O2Si/c1-18(29-30(7,8)25(2,3)4)22-11-12-23-21-10-9-19-17-20(28)13-15-26(19,5)24(21)14-16-27(22,23)6/h9,18,20-24,28H,10-17H2,1-8H3/t18-,20-,21-,22+,23-,24-,26-,27+/m0/s1. The molecule has 0 aromatic heterocycles. The third kappa shape index (κ3) is 3.50. The minimum Gasteiger partial charge on any atom is -0.414 e. The van der Waals surface area contributed by atoms with Crippen LogP contribution in [-0.4, -0.2) is 25.6 Å². The van der Waals surface area contributed by atoms with Crippen LogP contribution < -0.4 is 0 Å². The molecule has 3 heteroatoms. The van der Waals surface area contributed by atoms with Gasteiger partial charge in [0.15, 0.2) is 8.32 Å². The number of hydrogen-bond acceptors (Lipinski definition) is 2. The molecule has 0 saturated heterocycles. The Labute approximate surface area is 187 Å². The lowest BCUT2D eigenvalue weighted by Crippen LogP contribution is -2.52. The second-order valence-electron chi connectivity index (χ2n) is 13.5. The first-order chi connectivity index (χ1) is 13.8. The van der Waals surface area contributed by atoms with Gasteiger partial charge in [-0.25, -0.2) is 0 Å². The van der Waals surface area contributed by atoms with Gasteiger partial charge in [0.05, 0.1) is 6.10 Å². The van der Waals surface area contributed by atoms with E-state index < -0.39 is 8.32 Å². The zero-order valence-electron chi connectivity index (χ0n) is 21.1. The van der Waals surface area contributed by atoms with Gasteiger partial charge in [-0.05, 0) is 111 Å². The third-order valence-corrected chi connectivity index (χ3v) is 15.6. The molecule has 0 bridgehead atoms. The van der Waals surface area contributed by atoms with Crippen LogP contribution in [0.1, 0.15) is 92.9 Å². The van der Waals surface area contributed by atoms with E-state index in [1.165, 1.54) is 38.5 Å². The summed E-state index contributed by atoms with van der Waals surface area (Å²) in [6, 6.07) is 0. The van der Waals surface area contributed by atoms with Gasteiger partial charge in [-0.1, -0.05) is 46.3 Å². The normalized spacial score (nSPS) is 45.2. The summed E-state index contributed by atoms with van der Waals surface area (Å²) in [6.07, 6.45) is 12.7. The molecular weight excluding hydrogens is 384 g/mol. The lowest BCUT2D eigenvalue weighted by Gasteiger charge is -2.58. The maximum absolute atomic E-state index is 10.2. The Morgan fingerprint density at radius 3 is 2.43 bits per heavy atom. The Hall–Kier alpha value is -0.123. The number of aliphatic hydroxyl groups excluding tert-OH is 1. The molecule has 4 aliphatic rings. The van der Waals surface area contributed by atoms with Crippen molar-refractivity contribution < 1.29 is 9.53 Å². The van der Waals surface area contributed by atoms with Gasteiger partial charge in [0, 0.05) is 6.10 Å². The monoisotopic (exact) mass is 432 g/mol. The van der Waals surface area contributed by atoms with Gasteiger partial charge in [-0.15, -0.1) is 0 Å². The van der Waals surface area contributed by atoms with Crippen LogP contribution in [0.25, 0.3) is 0 Å². The number of allylic oxidation sites excluding steroid dienone is 1. The van der Waals surface area contributed by atoms with Crippen molar-refractivity contribution in [3.8, 4) is 0 Å². The molecule has 3 fully saturated rings. The van der Waals surface area contributed by atoms with Crippen LogP contribution in [0.3, 0.4) is 0 Å². The highest BCUT2D eigenvalue weighted by Crippen LogP contribution is 2.67. The smallest absolute Gasteiger partial charge is 0.192 e. The average molecular weight is 433 g/mol. The molecule has 0 heterocycles. The first-order valence-corrected chi connectivity index (χ1v) is 15.8. The predicted molar refractivity (Wildman–Crippen MR) is 129 cm³/mol. The largest absolute Gasteiger partial charge is 0.414 e. The maximum atomic E-state index is 10.2. The SMILES string of the molecule is C[C@H](O[Si](C)(C)C(C)(C)C)[C@H]1CC[C@H]2[C@@H]3CC=C4C[C@@H](O)CC[C@]4(C)[C@H]3CC[C@]12C. The van der Waals surface area contributed by atoms with E-state index in [4.69, 9.17) is 4.43 Å². The predicted octanol–water partition coefficient (Wildman–Crippen LogP) is 7.34.